The molecule has 14 heteroatoms. The van der Waals surface area contributed by atoms with Crippen molar-refractivity contribution in [3.05, 3.63) is 186 Å². The average Bonchev–Trinajstić information content (AvgIpc) is 3.30. The van der Waals surface area contributed by atoms with Crippen molar-refractivity contribution in [1.82, 2.24) is 0 Å². The highest BCUT2D eigenvalue weighted by Crippen LogP contribution is 2.78. The van der Waals surface area contributed by atoms with Crippen LogP contribution in [-0.4, -0.2) is 5.97 Å². The van der Waals surface area contributed by atoms with E-state index < -0.39 is 28.9 Å². The maximum Gasteiger partial charge on any atom is 0.460 e. The van der Waals surface area contributed by atoms with E-state index in [1.807, 2.05) is 121 Å². The Hall–Kier alpha value is -5.98. The number of carbonyl (C=O) groups excluding carboxylic acids is 1. The highest BCUT2D eigenvalue weighted by molar-refractivity contribution is 7.79. The Balaban J connectivity index is 1.54. The minimum Gasteiger partial charge on any atom is -0.423 e. The van der Waals surface area contributed by atoms with Crippen LogP contribution >= 0.6 is 23.0 Å². The molecule has 1 heterocycles. The van der Waals surface area contributed by atoms with E-state index in [1.165, 1.54) is 0 Å². The highest BCUT2D eigenvalue weighted by atomic mass is 31.3. The van der Waals surface area contributed by atoms with Crippen molar-refractivity contribution < 1.29 is 36.7 Å². The Morgan fingerprint density at radius 2 is 0.562 bits per heavy atom. The zero-order valence-electron chi connectivity index (χ0n) is 37.0. The molecule has 1 unspecified atom stereocenters. The van der Waals surface area contributed by atoms with Crippen molar-refractivity contribution >= 4 is 28.9 Å². The maximum absolute atomic E-state index is 12.4. The van der Waals surface area contributed by atoms with E-state index in [0.717, 1.165) is 59.9 Å². The van der Waals surface area contributed by atoms with Gasteiger partial charge in [0.2, 0.25) is 0 Å². The standard InChI is InChI=1S/C50H54N3O8P3/c1-8-38-13-23-44(24-14-38)56-62(57-45-25-15-39(9-2)16-26-45)51-63(58-46-27-17-40(10-3)18-28-46,59-47-29-19-41(11-4)20-30-47)53-64(52-62,60-48-31-21-42(12-5)22-32-48)61-49-35-33-43(34-36-49)55-50(54)37(6)7/h13-36H,6,8-12H2,1-5,7H3. The molecule has 0 N–H and O–H groups in total. The molecule has 0 saturated heterocycles. The van der Waals surface area contributed by atoms with Crippen molar-refractivity contribution in [3.8, 4) is 40.2 Å². The fraction of sp³-hybridized carbons (Fsp3) is 0.220. The quantitative estimate of drug-likeness (QED) is 0.0341. The van der Waals surface area contributed by atoms with Crippen LogP contribution in [0.5, 0.6) is 40.2 Å². The monoisotopic (exact) mass is 917 g/mol. The van der Waals surface area contributed by atoms with Crippen molar-refractivity contribution in [3.63, 3.8) is 0 Å². The van der Waals surface area contributed by atoms with Gasteiger partial charge in [-0.25, -0.2) is 4.79 Å². The van der Waals surface area contributed by atoms with Crippen LogP contribution in [-0.2, 0) is 36.9 Å². The number of hydrogen-bond acceptors (Lipinski definition) is 11. The largest absolute Gasteiger partial charge is 0.460 e. The molecular formula is C50H54N3O8P3. The molecule has 0 radical (unpaired) electrons. The molecule has 0 spiro atoms. The number of rotatable bonds is 19. The van der Waals surface area contributed by atoms with Crippen LogP contribution in [0.3, 0.4) is 0 Å². The third kappa shape index (κ3) is 11.8. The topological polar surface area (TPSA) is 119 Å². The number of aryl methyl sites for hydroxylation is 5. The van der Waals surface area contributed by atoms with Crippen LogP contribution in [0, 0.1) is 0 Å². The molecule has 0 saturated carbocycles. The molecule has 6 aromatic carbocycles. The van der Waals surface area contributed by atoms with Crippen molar-refractivity contribution in [1.29, 1.82) is 0 Å². The summed E-state index contributed by atoms with van der Waals surface area (Å²) in [5.41, 5.74) is 5.83. The number of esters is 1. The predicted molar refractivity (Wildman–Crippen MR) is 258 cm³/mol. The van der Waals surface area contributed by atoms with E-state index in [-0.39, 0.29) is 11.3 Å². The maximum atomic E-state index is 12.4. The van der Waals surface area contributed by atoms with Crippen LogP contribution in [0.15, 0.2) is 171 Å². The summed E-state index contributed by atoms with van der Waals surface area (Å²) in [7, 11) is -12.3. The highest BCUT2D eigenvalue weighted by Gasteiger charge is 2.49. The molecule has 0 amide bonds. The number of carbonyl (C=O) groups is 1. The molecule has 11 nitrogen and oxygen atoms in total. The lowest BCUT2D eigenvalue weighted by Gasteiger charge is -2.33. The summed E-state index contributed by atoms with van der Waals surface area (Å²) in [5.74, 6) is 2.21. The van der Waals surface area contributed by atoms with Gasteiger partial charge in [0.25, 0.3) is 0 Å². The number of nitrogens with zero attached hydrogens (tertiary/aromatic N) is 3. The minimum absolute atomic E-state index is 0.263. The van der Waals surface area contributed by atoms with Gasteiger partial charge in [-0.2, -0.15) is 0 Å². The van der Waals surface area contributed by atoms with Gasteiger partial charge in [-0.3, -0.25) is 0 Å². The lowest BCUT2D eigenvalue weighted by molar-refractivity contribution is -0.130. The molecule has 1 aliphatic heterocycles. The zero-order chi connectivity index (χ0) is 45.2. The summed E-state index contributed by atoms with van der Waals surface area (Å²) in [6.45, 7) is 15.7. The second kappa shape index (κ2) is 20.7. The van der Waals surface area contributed by atoms with Crippen molar-refractivity contribution in [2.45, 2.75) is 73.6 Å². The van der Waals surface area contributed by atoms with E-state index >= 15 is 0 Å². The van der Waals surface area contributed by atoms with Crippen LogP contribution in [0.4, 0.5) is 0 Å². The van der Waals surface area contributed by atoms with Crippen LogP contribution in [0.1, 0.15) is 69.4 Å². The van der Waals surface area contributed by atoms with Gasteiger partial charge >= 0.3 is 28.9 Å². The van der Waals surface area contributed by atoms with E-state index in [9.17, 15) is 4.79 Å². The van der Waals surface area contributed by atoms with Crippen LogP contribution in [0.25, 0.3) is 0 Å². The Morgan fingerprint density at radius 1 is 0.375 bits per heavy atom. The molecule has 6 aromatic rings. The summed E-state index contributed by atoms with van der Waals surface area (Å²) in [6.07, 6.45) is 4.14. The number of benzene rings is 6. The molecular weight excluding hydrogens is 863 g/mol. The molecule has 1 aliphatic rings. The lowest BCUT2D eigenvalue weighted by Crippen LogP contribution is -2.11. The fourth-order valence-corrected chi connectivity index (χ4v) is 15.3. The first-order chi connectivity index (χ1) is 30.9. The van der Waals surface area contributed by atoms with Crippen LogP contribution in [0.2, 0.25) is 0 Å². The molecule has 0 aromatic heterocycles. The third-order valence-electron chi connectivity index (χ3n) is 10.1. The van der Waals surface area contributed by atoms with Crippen molar-refractivity contribution in [2.75, 3.05) is 0 Å². The van der Waals surface area contributed by atoms with E-state index in [1.54, 1.807) is 31.2 Å². The minimum atomic E-state index is -4.13. The first-order valence-corrected chi connectivity index (χ1v) is 26.1. The predicted octanol–water partition coefficient (Wildman–Crippen LogP) is 15.6. The fourth-order valence-electron chi connectivity index (χ4n) is 6.27. The Kier molecular flexibility index (Phi) is 14.9. The number of ether oxygens (including phenoxy) is 1. The second-order valence-corrected chi connectivity index (χ2v) is 21.1. The molecule has 64 heavy (non-hydrogen) atoms. The smallest absolute Gasteiger partial charge is 0.423 e. The van der Waals surface area contributed by atoms with Crippen LogP contribution < -0.4 is 31.9 Å². The normalized spacial score (nSPS) is 15.8. The molecule has 1 atom stereocenters. The second-order valence-electron chi connectivity index (χ2n) is 14.9. The Morgan fingerprint density at radius 3 is 0.750 bits per heavy atom. The van der Waals surface area contributed by atoms with Gasteiger partial charge in [0.1, 0.15) is 40.2 Å². The van der Waals surface area contributed by atoms with E-state index in [2.05, 4.69) is 41.2 Å². The molecule has 7 rings (SSSR count). The van der Waals surface area contributed by atoms with E-state index in [4.69, 9.17) is 45.4 Å². The Labute approximate surface area is 377 Å². The first kappa shape index (κ1) is 46.0. The van der Waals surface area contributed by atoms with Gasteiger partial charge in [0.15, 0.2) is 0 Å². The SMILES string of the molecule is C=C(C)C(=O)Oc1ccc(OP2(Oc3ccc(CC)cc3)=NP(Oc3ccc(CC)cc3)(Oc3ccc(CC)cc3)=NP(Oc3ccc(CC)cc3)(Oc3ccc(CC)cc3)=N2)cc1. The summed E-state index contributed by atoms with van der Waals surface area (Å²) < 4.78 is 63.7. The molecule has 332 valence electrons. The van der Waals surface area contributed by atoms with Gasteiger partial charge in [0, 0.05) is 5.57 Å². The summed E-state index contributed by atoms with van der Waals surface area (Å²) in [4.78, 5) is 12.4. The molecule has 0 bridgehead atoms. The third-order valence-corrected chi connectivity index (χ3v) is 18.2. The van der Waals surface area contributed by atoms with Gasteiger partial charge < -0.3 is 31.9 Å². The summed E-state index contributed by atoms with van der Waals surface area (Å²) in [6, 6.07) is 45.0. The van der Waals surface area contributed by atoms with Gasteiger partial charge in [-0.1, -0.05) is 115 Å². The van der Waals surface area contributed by atoms with Gasteiger partial charge in [0.05, 0.1) is 0 Å². The van der Waals surface area contributed by atoms with Gasteiger partial charge in [-0.15, -0.1) is 0 Å². The Bertz CT molecular complexity index is 2510. The zero-order valence-corrected chi connectivity index (χ0v) is 39.7. The molecule has 0 aliphatic carbocycles. The lowest BCUT2D eigenvalue weighted by atomic mass is 10.2. The van der Waals surface area contributed by atoms with Crippen molar-refractivity contribution in [2.24, 2.45) is 13.5 Å². The first-order valence-electron chi connectivity index (χ1n) is 21.5. The van der Waals surface area contributed by atoms with Gasteiger partial charge in [-0.05, 0) is 152 Å². The summed E-state index contributed by atoms with van der Waals surface area (Å²) in [5, 5.41) is 0. The van der Waals surface area contributed by atoms with E-state index in [0.29, 0.717) is 34.5 Å². The number of hydrogen-bond donors (Lipinski definition) is 0. The summed E-state index contributed by atoms with van der Waals surface area (Å²) >= 11 is 0. The molecule has 0 fully saturated rings. The average molecular weight is 918 g/mol.